The Morgan fingerprint density at radius 1 is 1.29 bits per heavy atom. The van der Waals surface area contributed by atoms with E-state index in [2.05, 4.69) is 16.4 Å². The van der Waals surface area contributed by atoms with Crippen LogP contribution in [0.15, 0.2) is 30.5 Å². The molecule has 2 N–H and O–H groups in total. The largest absolute Gasteiger partial charge is 0.455 e. The van der Waals surface area contributed by atoms with Gasteiger partial charge in [-0.15, -0.1) is 0 Å². The Labute approximate surface area is 122 Å². The Kier molecular flexibility index (Phi) is 3.90. The molecule has 5 heteroatoms. The molecular weight excluding hydrogens is 268 g/mol. The first-order chi connectivity index (χ1) is 10.2. The normalized spacial score (nSPS) is 14.1. The molecule has 1 aromatic carbocycles. The molecule has 0 bridgehead atoms. The van der Waals surface area contributed by atoms with Crippen LogP contribution in [0.4, 0.5) is 0 Å². The lowest BCUT2D eigenvalue weighted by Crippen LogP contribution is -2.30. The van der Waals surface area contributed by atoms with E-state index in [9.17, 15) is 9.59 Å². The average Bonchev–Trinajstić information content (AvgIpc) is 3.27. The van der Waals surface area contributed by atoms with Crippen molar-refractivity contribution in [3.63, 3.8) is 0 Å². The summed E-state index contributed by atoms with van der Waals surface area (Å²) in [6.07, 6.45) is 4.48. The molecule has 1 aliphatic rings. The number of carbonyl (C=O) groups excluding carboxylic acids is 2. The molecule has 1 fully saturated rings. The van der Waals surface area contributed by atoms with Gasteiger partial charge >= 0.3 is 5.97 Å². The molecule has 0 saturated heterocycles. The summed E-state index contributed by atoms with van der Waals surface area (Å²) in [6.45, 7) is 0.352. The summed E-state index contributed by atoms with van der Waals surface area (Å²) in [6, 6.07) is 8.06. The zero-order valence-corrected chi connectivity index (χ0v) is 11.7. The number of ether oxygens (including phenoxy) is 1. The van der Waals surface area contributed by atoms with Gasteiger partial charge < -0.3 is 15.0 Å². The summed E-state index contributed by atoms with van der Waals surface area (Å²) in [4.78, 5) is 26.1. The number of esters is 1. The molecule has 0 radical (unpaired) electrons. The first-order valence-corrected chi connectivity index (χ1v) is 7.22. The fourth-order valence-electron chi connectivity index (χ4n) is 2.30. The van der Waals surface area contributed by atoms with Crippen LogP contribution in [0.25, 0.3) is 10.9 Å². The molecule has 5 nitrogen and oxygen atoms in total. The number of para-hydroxylation sites is 1. The summed E-state index contributed by atoms with van der Waals surface area (Å²) in [5.41, 5.74) is 2.26. The number of benzene rings is 1. The molecule has 21 heavy (non-hydrogen) atoms. The fourth-order valence-corrected chi connectivity index (χ4v) is 2.30. The second kappa shape index (κ2) is 5.99. The molecular formula is C16H18N2O3. The van der Waals surface area contributed by atoms with Crippen molar-refractivity contribution < 1.29 is 14.3 Å². The van der Waals surface area contributed by atoms with E-state index in [1.165, 1.54) is 10.9 Å². The van der Waals surface area contributed by atoms with Crippen LogP contribution in [0, 0.1) is 5.92 Å². The number of amides is 1. The van der Waals surface area contributed by atoms with Crippen LogP contribution in [0.2, 0.25) is 0 Å². The smallest absolute Gasteiger partial charge is 0.309 e. The number of fused-ring (bicyclic) bond motifs is 1. The van der Waals surface area contributed by atoms with E-state index >= 15 is 0 Å². The number of hydrogen-bond acceptors (Lipinski definition) is 3. The van der Waals surface area contributed by atoms with Gasteiger partial charge in [-0.25, -0.2) is 0 Å². The van der Waals surface area contributed by atoms with E-state index in [0.29, 0.717) is 6.54 Å². The third kappa shape index (κ3) is 3.42. The lowest BCUT2D eigenvalue weighted by atomic mass is 10.1. The van der Waals surface area contributed by atoms with E-state index in [1.807, 2.05) is 24.4 Å². The molecule has 1 heterocycles. The highest BCUT2D eigenvalue weighted by Crippen LogP contribution is 2.29. The number of nitrogens with one attached hydrogen (secondary N) is 2. The van der Waals surface area contributed by atoms with Crippen LogP contribution in [-0.2, 0) is 20.7 Å². The molecule has 1 aromatic heterocycles. The second-order valence-corrected chi connectivity index (χ2v) is 5.34. The summed E-state index contributed by atoms with van der Waals surface area (Å²) in [5.74, 6) is -0.463. The maximum absolute atomic E-state index is 11.6. The molecule has 2 aromatic rings. The van der Waals surface area contributed by atoms with Crippen molar-refractivity contribution in [3.05, 3.63) is 36.0 Å². The van der Waals surface area contributed by atoms with Crippen molar-refractivity contribution in [1.29, 1.82) is 0 Å². The number of aromatic amines is 1. The molecule has 0 spiro atoms. The lowest BCUT2D eigenvalue weighted by molar-refractivity contribution is -0.149. The van der Waals surface area contributed by atoms with Gasteiger partial charge in [0.2, 0.25) is 0 Å². The predicted molar refractivity (Wildman–Crippen MR) is 78.7 cm³/mol. The molecule has 1 amide bonds. The molecule has 0 atom stereocenters. The molecule has 1 saturated carbocycles. The van der Waals surface area contributed by atoms with E-state index in [4.69, 9.17) is 4.74 Å². The molecule has 0 aliphatic heterocycles. The van der Waals surface area contributed by atoms with Gasteiger partial charge in [0.05, 0.1) is 5.92 Å². The first-order valence-electron chi connectivity index (χ1n) is 7.22. The number of carbonyl (C=O) groups is 2. The van der Waals surface area contributed by atoms with Crippen LogP contribution in [-0.4, -0.2) is 30.0 Å². The molecule has 1 aliphatic carbocycles. The summed E-state index contributed by atoms with van der Waals surface area (Å²) in [7, 11) is 0. The maximum Gasteiger partial charge on any atom is 0.309 e. The standard InChI is InChI=1S/C16H18N2O3/c19-15(10-21-16(20)11-5-6-11)17-8-7-12-9-18-14-4-2-1-3-13(12)14/h1-4,9,11,18H,5-8,10H2,(H,17,19). The average molecular weight is 286 g/mol. The van der Waals surface area contributed by atoms with E-state index < -0.39 is 0 Å². The highest BCUT2D eigenvalue weighted by Gasteiger charge is 2.31. The Morgan fingerprint density at radius 3 is 2.90 bits per heavy atom. The minimum Gasteiger partial charge on any atom is -0.455 e. The SMILES string of the molecule is O=C(COC(=O)C1CC1)NCCc1c[nH]c2ccccc12. The Hall–Kier alpha value is -2.30. The second-order valence-electron chi connectivity index (χ2n) is 5.34. The minimum atomic E-state index is -0.248. The van der Waals surface area contributed by atoms with Crippen LogP contribution in [0.3, 0.4) is 0 Å². The van der Waals surface area contributed by atoms with Crippen LogP contribution in [0.1, 0.15) is 18.4 Å². The number of H-pyrrole nitrogens is 1. The zero-order chi connectivity index (χ0) is 14.7. The van der Waals surface area contributed by atoms with Crippen molar-refractivity contribution in [3.8, 4) is 0 Å². The summed E-state index contributed by atoms with van der Waals surface area (Å²) < 4.78 is 4.93. The van der Waals surface area contributed by atoms with Gasteiger partial charge in [-0.05, 0) is 30.9 Å². The van der Waals surface area contributed by atoms with Gasteiger partial charge in [-0.3, -0.25) is 9.59 Å². The van der Waals surface area contributed by atoms with Crippen molar-refractivity contribution in [1.82, 2.24) is 10.3 Å². The minimum absolute atomic E-state index is 0.0315. The molecule has 0 unspecified atom stereocenters. The first kappa shape index (κ1) is 13.7. The van der Waals surface area contributed by atoms with Crippen molar-refractivity contribution in [2.75, 3.05) is 13.2 Å². The number of aromatic nitrogens is 1. The van der Waals surface area contributed by atoms with Gasteiger partial charge in [0.1, 0.15) is 0 Å². The van der Waals surface area contributed by atoms with E-state index in [1.54, 1.807) is 0 Å². The third-order valence-electron chi connectivity index (χ3n) is 3.65. The van der Waals surface area contributed by atoms with Crippen LogP contribution < -0.4 is 5.32 Å². The van der Waals surface area contributed by atoms with Gasteiger partial charge in [0, 0.05) is 23.6 Å². The van der Waals surface area contributed by atoms with E-state index in [0.717, 1.165) is 24.8 Å². The maximum atomic E-state index is 11.6. The number of hydrogen-bond donors (Lipinski definition) is 2. The van der Waals surface area contributed by atoms with Crippen molar-refractivity contribution in [2.24, 2.45) is 5.92 Å². The van der Waals surface area contributed by atoms with Gasteiger partial charge in [-0.2, -0.15) is 0 Å². The van der Waals surface area contributed by atoms with E-state index in [-0.39, 0.29) is 24.4 Å². The van der Waals surface area contributed by atoms with Crippen LogP contribution >= 0.6 is 0 Å². The third-order valence-corrected chi connectivity index (χ3v) is 3.65. The van der Waals surface area contributed by atoms with Crippen LogP contribution in [0.5, 0.6) is 0 Å². The summed E-state index contributed by atoms with van der Waals surface area (Å²) >= 11 is 0. The topological polar surface area (TPSA) is 71.2 Å². The van der Waals surface area contributed by atoms with Crippen molar-refractivity contribution in [2.45, 2.75) is 19.3 Å². The van der Waals surface area contributed by atoms with Gasteiger partial charge in [0.25, 0.3) is 5.91 Å². The highest BCUT2D eigenvalue weighted by molar-refractivity contribution is 5.83. The Bertz CT molecular complexity index is 658. The van der Waals surface area contributed by atoms with Crippen molar-refractivity contribution >= 4 is 22.8 Å². The highest BCUT2D eigenvalue weighted by atomic mass is 16.5. The fraction of sp³-hybridized carbons (Fsp3) is 0.375. The van der Waals surface area contributed by atoms with Gasteiger partial charge in [0.15, 0.2) is 6.61 Å². The number of rotatable bonds is 6. The van der Waals surface area contributed by atoms with Gasteiger partial charge in [-0.1, -0.05) is 18.2 Å². The lowest BCUT2D eigenvalue weighted by Gasteiger charge is -2.06. The zero-order valence-electron chi connectivity index (χ0n) is 11.7. The predicted octanol–water partition coefficient (Wildman–Crippen LogP) is 1.78. The molecule has 3 rings (SSSR count). The Morgan fingerprint density at radius 2 is 2.10 bits per heavy atom. The quantitative estimate of drug-likeness (QED) is 0.795. The molecule has 110 valence electrons. The monoisotopic (exact) mass is 286 g/mol. The summed E-state index contributed by atoms with van der Waals surface area (Å²) in [5, 5.41) is 3.94. The Balaban J connectivity index is 1.43.